The van der Waals surface area contributed by atoms with Crippen molar-refractivity contribution in [2.75, 3.05) is 13.2 Å². The Hall–Kier alpha value is -6.62. The molecule has 0 saturated carbocycles. The molecule has 2 unspecified atom stereocenters. The maximum absolute atomic E-state index is 14.6. The molecule has 4 N–H and O–H groups in total. The maximum atomic E-state index is 14.6. The molecule has 2 aromatic carbocycles. The Labute approximate surface area is 428 Å². The highest BCUT2D eigenvalue weighted by molar-refractivity contribution is 7.13. The molecule has 0 saturated heterocycles. The van der Waals surface area contributed by atoms with E-state index in [1.54, 1.807) is 47.3 Å². The number of ketones is 2. The number of thiazole rings is 2. The van der Waals surface area contributed by atoms with Gasteiger partial charge in [-0.05, 0) is 39.5 Å². The van der Waals surface area contributed by atoms with Gasteiger partial charge in [0.25, 0.3) is 0 Å². The van der Waals surface area contributed by atoms with Crippen LogP contribution in [-0.2, 0) is 49.6 Å². The van der Waals surface area contributed by atoms with Gasteiger partial charge in [0.15, 0.2) is 0 Å². The number of hydrogen-bond acceptors (Lipinski definition) is 15. The third-order valence-electron chi connectivity index (χ3n) is 11.4. The molecule has 0 radical (unpaired) electrons. The van der Waals surface area contributed by atoms with Crippen LogP contribution in [0.3, 0.4) is 0 Å². The lowest BCUT2D eigenvalue weighted by Crippen LogP contribution is -2.31. The van der Waals surface area contributed by atoms with Crippen LogP contribution in [0.5, 0.6) is 0 Å². The predicted molar refractivity (Wildman–Crippen MR) is 273 cm³/mol. The summed E-state index contributed by atoms with van der Waals surface area (Å²) in [6.45, 7) is 5.73. The second kappa shape index (κ2) is 24.7. The minimum atomic E-state index is -0.517. The molecule has 2 aliphatic rings. The van der Waals surface area contributed by atoms with Gasteiger partial charge < -0.3 is 29.8 Å². The topological polar surface area (TPSA) is 224 Å². The average molecular weight is 1040 g/mol. The molecule has 0 bridgehead atoms. The largest absolute Gasteiger partial charge is 0.460 e. The van der Waals surface area contributed by atoms with Crippen molar-refractivity contribution in [1.82, 2.24) is 48.6 Å². The monoisotopic (exact) mass is 1040 g/mol. The van der Waals surface area contributed by atoms with Crippen molar-refractivity contribution in [3.05, 3.63) is 130 Å². The van der Waals surface area contributed by atoms with E-state index < -0.39 is 18.8 Å². The van der Waals surface area contributed by atoms with E-state index in [-0.39, 0.29) is 53.8 Å². The van der Waals surface area contributed by atoms with Gasteiger partial charge in [0.1, 0.15) is 58.2 Å². The Morgan fingerprint density at radius 2 is 1.31 bits per heavy atom. The van der Waals surface area contributed by atoms with Gasteiger partial charge in [-0.25, -0.2) is 19.9 Å². The first-order valence-corrected chi connectivity index (χ1v) is 24.6. The van der Waals surface area contributed by atoms with E-state index in [1.165, 1.54) is 32.0 Å². The number of imidazole rings is 2. The van der Waals surface area contributed by atoms with Gasteiger partial charge in [-0.1, -0.05) is 60.7 Å². The Kier molecular flexibility index (Phi) is 18.7. The number of carbonyl (C=O) groups excluding carboxylic acids is 3. The van der Waals surface area contributed by atoms with Crippen LogP contribution in [0.4, 0.5) is 8.78 Å². The fourth-order valence-electron chi connectivity index (χ4n) is 8.11. The van der Waals surface area contributed by atoms with Crippen LogP contribution in [0.15, 0.2) is 95.5 Å². The number of aliphatic hydroxyl groups is 2. The van der Waals surface area contributed by atoms with E-state index in [1.807, 2.05) is 92.2 Å². The summed E-state index contributed by atoms with van der Waals surface area (Å²) in [5, 5.41) is 30.1. The van der Waals surface area contributed by atoms with Gasteiger partial charge in [-0.2, -0.15) is 19.0 Å². The zero-order chi connectivity index (χ0) is 50.8. The standard InChI is InChI=1S/C19H23FN2O2.C13H14FN3.2C9H9N3O2S.ClH/c1-19(2,3)24-16(23)12-13-9-10-22-15(11-13)21-17(18(22)20)14-7-5-4-6-8-14;14-13-12(9-4-2-1-3-5-9)16-11-8-10(15)6-7-17(11)13;1-12-9(8(14)3-13)6(2-11-12)7-4-15-5-10-7;1-12-8(7(14)5-13)6(4-11-12)9-10-2-3-15-9;/h4-8,13H,9-12H2,1-3H3;1-5,10H,6-8,15H2;2,4-5,13H,3H2,1H3;2-4,13H,5H2,1H3;1H. The number of nitrogens with zero attached hydrogens (tertiary/aromatic N) is 10. The van der Waals surface area contributed by atoms with E-state index in [0.717, 1.165) is 34.8 Å². The van der Waals surface area contributed by atoms with Crippen LogP contribution >= 0.6 is 35.1 Å². The number of benzene rings is 2. The van der Waals surface area contributed by atoms with Crippen molar-refractivity contribution in [2.24, 2.45) is 25.7 Å². The van der Waals surface area contributed by atoms with Gasteiger partial charge in [0.2, 0.25) is 23.5 Å². The molecule has 2 atom stereocenters. The van der Waals surface area contributed by atoms with Crippen molar-refractivity contribution in [2.45, 2.75) is 77.6 Å². The van der Waals surface area contributed by atoms with Gasteiger partial charge in [0.05, 0.1) is 34.7 Å². The number of carbonyl (C=O) groups is 3. The van der Waals surface area contributed by atoms with E-state index >= 15 is 0 Å². The molecule has 22 heteroatoms. The highest BCUT2D eigenvalue weighted by Crippen LogP contribution is 2.31. The Morgan fingerprint density at radius 1 is 0.778 bits per heavy atom. The van der Waals surface area contributed by atoms with E-state index in [0.29, 0.717) is 77.8 Å². The fourth-order valence-corrected chi connectivity index (χ4v) is 9.31. The number of aromatic nitrogens is 10. The quantitative estimate of drug-likeness (QED) is 0.0879. The Bertz CT molecular complexity index is 2950. The highest BCUT2D eigenvalue weighted by atomic mass is 35.5. The fraction of sp³-hybridized carbons (Fsp3) is 0.340. The molecular formula is C50H56ClF2N11O6S2. The number of aryl methyl sites for hydroxylation is 2. The first kappa shape index (κ1) is 54.7. The summed E-state index contributed by atoms with van der Waals surface area (Å²) in [6, 6.07) is 18.9. The van der Waals surface area contributed by atoms with Crippen LogP contribution in [0.2, 0.25) is 0 Å². The van der Waals surface area contributed by atoms with E-state index in [4.69, 9.17) is 20.7 Å². The van der Waals surface area contributed by atoms with Crippen molar-refractivity contribution < 1.29 is 38.1 Å². The second-order valence-electron chi connectivity index (χ2n) is 17.7. The summed E-state index contributed by atoms with van der Waals surface area (Å²) in [4.78, 5) is 52.0. The Balaban J connectivity index is 0.000000159. The summed E-state index contributed by atoms with van der Waals surface area (Å²) in [5.41, 5.74) is 12.4. The minimum Gasteiger partial charge on any atom is -0.460 e. The number of aliphatic hydroxyl groups excluding tert-OH is 2. The summed E-state index contributed by atoms with van der Waals surface area (Å²) in [5.74, 6) is 0.212. The third kappa shape index (κ3) is 13.3. The third-order valence-corrected chi connectivity index (χ3v) is 12.8. The molecule has 0 fully saturated rings. The summed E-state index contributed by atoms with van der Waals surface area (Å²) < 4.78 is 40.4. The molecule has 0 spiro atoms. The lowest BCUT2D eigenvalue weighted by Gasteiger charge is -2.25. The highest BCUT2D eigenvalue weighted by Gasteiger charge is 2.29. The molecule has 2 aliphatic heterocycles. The van der Waals surface area contributed by atoms with Crippen LogP contribution in [0, 0.1) is 17.8 Å². The van der Waals surface area contributed by atoms with Gasteiger partial charge in [-0.3, -0.25) is 23.7 Å². The Morgan fingerprint density at radius 3 is 1.81 bits per heavy atom. The van der Waals surface area contributed by atoms with Crippen LogP contribution in [0.25, 0.3) is 44.3 Å². The number of esters is 1. The number of hydrogen-bond donors (Lipinski definition) is 3. The first-order valence-electron chi connectivity index (χ1n) is 22.7. The molecule has 380 valence electrons. The average Bonchev–Trinajstić information content (AvgIpc) is 4.24. The first-order chi connectivity index (χ1) is 34.1. The van der Waals surface area contributed by atoms with Gasteiger partial charge in [-0.15, -0.1) is 35.1 Å². The summed E-state index contributed by atoms with van der Waals surface area (Å²) >= 11 is 2.88. The van der Waals surface area contributed by atoms with Crippen molar-refractivity contribution in [1.29, 1.82) is 0 Å². The molecule has 72 heavy (non-hydrogen) atoms. The van der Waals surface area contributed by atoms with Crippen molar-refractivity contribution in [3.8, 4) is 44.3 Å². The number of halogens is 3. The molecular weight excluding hydrogens is 988 g/mol. The van der Waals surface area contributed by atoms with Crippen molar-refractivity contribution in [3.63, 3.8) is 0 Å². The zero-order valence-corrected chi connectivity index (χ0v) is 42.8. The molecule has 8 heterocycles. The number of Topliss-reactive ketones (excluding diaryl/α,β-unsaturated/α-hetero) is 2. The second-order valence-corrected chi connectivity index (χ2v) is 19.3. The molecule has 17 nitrogen and oxygen atoms in total. The predicted octanol–water partition coefficient (Wildman–Crippen LogP) is 7.81. The van der Waals surface area contributed by atoms with E-state index in [2.05, 4.69) is 30.1 Å². The molecule has 8 aromatic rings. The lowest BCUT2D eigenvalue weighted by molar-refractivity contribution is -0.156. The van der Waals surface area contributed by atoms with Crippen molar-refractivity contribution >= 4 is 52.6 Å². The van der Waals surface area contributed by atoms with Crippen LogP contribution in [-0.4, -0.2) is 101 Å². The lowest BCUT2D eigenvalue weighted by atomic mass is 9.94. The normalized spacial score (nSPS) is 14.7. The van der Waals surface area contributed by atoms with Crippen LogP contribution < -0.4 is 5.73 Å². The number of nitrogens with two attached hydrogens (primary N) is 1. The number of ether oxygens (including phenoxy) is 1. The smallest absolute Gasteiger partial charge is 0.306 e. The van der Waals surface area contributed by atoms with Crippen LogP contribution in [0.1, 0.15) is 72.7 Å². The molecule has 0 aliphatic carbocycles. The van der Waals surface area contributed by atoms with E-state index in [9.17, 15) is 23.2 Å². The number of rotatable bonds is 10. The minimum absolute atomic E-state index is 0. The summed E-state index contributed by atoms with van der Waals surface area (Å²) in [7, 11) is 3.33. The molecule has 0 amide bonds. The zero-order valence-electron chi connectivity index (χ0n) is 40.3. The summed E-state index contributed by atoms with van der Waals surface area (Å²) in [6.07, 6.45) is 8.02. The van der Waals surface area contributed by atoms with Gasteiger partial charge >= 0.3 is 5.97 Å². The number of fused-ring (bicyclic) bond motifs is 2. The maximum Gasteiger partial charge on any atom is 0.306 e. The SMILES string of the molecule is CC(C)(C)OC(=O)CC1CCn2c(nc(-c3ccccc3)c2F)C1.Cl.Cn1ncc(-c2cscn2)c1C(=O)CO.Cn1ncc(-c2nccs2)c1C(=O)CO.NC1CCn2c(nc(-c3ccccc3)c2F)C1. The molecule has 6 aromatic heterocycles. The van der Waals surface area contributed by atoms with Gasteiger partial charge in [0, 0.05) is 80.6 Å². The molecule has 10 rings (SSSR count).